The van der Waals surface area contributed by atoms with Crippen LogP contribution in [0.1, 0.15) is 76.7 Å². The lowest BCUT2D eigenvalue weighted by molar-refractivity contribution is 0.736. The zero-order chi connectivity index (χ0) is 24.8. The highest BCUT2D eigenvalue weighted by Gasteiger charge is 1.87. The van der Waals surface area contributed by atoms with Gasteiger partial charge in [-0.3, -0.25) is 9.97 Å². The molecule has 0 amide bonds. The molecule has 0 radical (unpaired) electrons. The normalized spacial score (nSPS) is 8.61. The number of rotatable bonds is 0. The molecule has 0 N–H and O–H groups in total. The second-order valence-electron chi connectivity index (χ2n) is 7.86. The average molecular weight is 451 g/mol. The van der Waals surface area contributed by atoms with E-state index in [2.05, 4.69) is 75.8 Å². The second-order valence-corrected chi connectivity index (χ2v) is 7.86. The van der Waals surface area contributed by atoms with E-state index < -0.39 is 0 Å². The number of benzene rings is 2. The predicted octanol–water partition coefficient (Wildman–Crippen LogP) is 10.5. The topological polar surface area (TPSA) is 25.8 Å². The Bertz CT molecular complexity index is 701. The number of nitrogens with zero attached hydrogens (tertiary/aromatic N) is 2. The van der Waals surface area contributed by atoms with Crippen molar-refractivity contribution in [1.82, 2.24) is 9.97 Å². The molecule has 0 saturated carbocycles. The molecule has 2 heterocycles. The van der Waals surface area contributed by atoms with Crippen molar-refractivity contribution in [3.8, 4) is 0 Å². The molecule has 0 atom stereocenters. The number of hydrogen-bond acceptors (Lipinski definition) is 2. The number of pyridine rings is 2. The summed E-state index contributed by atoms with van der Waals surface area (Å²) in [6, 6.07) is 24.2. The van der Waals surface area contributed by atoms with Gasteiger partial charge >= 0.3 is 0 Å². The Labute approximate surface area is 205 Å². The van der Waals surface area contributed by atoms with Crippen LogP contribution in [0.15, 0.2) is 85.2 Å². The molecule has 2 aromatic heterocycles. The first kappa shape index (κ1) is 34.9. The van der Waals surface area contributed by atoms with E-state index in [0.29, 0.717) is 0 Å². The maximum Gasteiger partial charge on any atom is 0.0701 e. The molecule has 4 rings (SSSR count). The van der Waals surface area contributed by atoms with E-state index in [1.807, 2.05) is 88.6 Å². The van der Waals surface area contributed by atoms with Gasteiger partial charge in [0.1, 0.15) is 0 Å². The van der Waals surface area contributed by atoms with Crippen LogP contribution in [0.25, 0.3) is 21.8 Å². The Morgan fingerprint density at radius 3 is 0.970 bits per heavy atom. The fourth-order valence-corrected chi connectivity index (χ4v) is 2.03. The maximum atomic E-state index is 4.18. The summed E-state index contributed by atoms with van der Waals surface area (Å²) >= 11 is 0. The van der Waals surface area contributed by atoms with E-state index in [-0.39, 0.29) is 7.43 Å². The molecule has 0 aliphatic carbocycles. The van der Waals surface area contributed by atoms with Gasteiger partial charge in [-0.25, -0.2) is 0 Å². The first-order valence-electron chi connectivity index (χ1n) is 12.0. The third-order valence-corrected chi connectivity index (χ3v) is 3.02. The molecule has 0 aliphatic rings. The largest absolute Gasteiger partial charge is 0.256 e. The summed E-state index contributed by atoms with van der Waals surface area (Å²) < 4.78 is 0. The van der Waals surface area contributed by atoms with Gasteiger partial charge in [0.2, 0.25) is 0 Å². The summed E-state index contributed by atoms with van der Waals surface area (Å²) in [5, 5.41) is 2.40. The van der Waals surface area contributed by atoms with Gasteiger partial charge in [-0.05, 0) is 36.1 Å². The van der Waals surface area contributed by atoms with Crippen molar-refractivity contribution in [1.29, 1.82) is 0 Å². The number of hydrogen-bond donors (Lipinski definition) is 0. The molecule has 33 heavy (non-hydrogen) atoms. The van der Waals surface area contributed by atoms with Crippen molar-refractivity contribution >= 4 is 21.8 Å². The Kier molecular flexibility index (Phi) is 25.3. The average Bonchev–Trinajstić information content (AvgIpc) is 2.82. The molecule has 0 spiro atoms. The van der Waals surface area contributed by atoms with E-state index in [9.17, 15) is 0 Å². The predicted molar refractivity (Wildman–Crippen MR) is 154 cm³/mol. The summed E-state index contributed by atoms with van der Waals surface area (Å²) in [6.07, 6.45) is 3.62. The third kappa shape index (κ3) is 19.7. The van der Waals surface area contributed by atoms with Crippen LogP contribution >= 0.6 is 0 Å². The lowest BCUT2D eigenvalue weighted by Gasteiger charge is -1.91. The molecule has 0 bridgehead atoms. The maximum absolute atomic E-state index is 4.18. The van der Waals surface area contributed by atoms with Crippen molar-refractivity contribution in [3.63, 3.8) is 0 Å². The van der Waals surface area contributed by atoms with Crippen molar-refractivity contribution in [3.05, 3.63) is 85.2 Å². The summed E-state index contributed by atoms with van der Waals surface area (Å²) in [5.41, 5.74) is 2.12. The van der Waals surface area contributed by atoms with Crippen LogP contribution in [0, 0.1) is 11.8 Å². The summed E-state index contributed by atoms with van der Waals surface area (Å²) in [6.45, 7) is 21.0. The van der Waals surface area contributed by atoms with E-state index in [1.165, 1.54) is 10.8 Å². The third-order valence-electron chi connectivity index (χ3n) is 3.02. The monoisotopic (exact) mass is 450 g/mol. The molecule has 0 aliphatic heterocycles. The highest BCUT2D eigenvalue weighted by atomic mass is 14.6. The molecule has 4 aromatic rings. The Balaban J connectivity index is -0.000000368. The van der Waals surface area contributed by atoms with E-state index in [0.717, 1.165) is 22.9 Å². The minimum absolute atomic E-state index is 0. The summed E-state index contributed by atoms with van der Waals surface area (Å²) in [7, 11) is 0. The Hall–Kier alpha value is -2.74. The van der Waals surface area contributed by atoms with Gasteiger partial charge in [0.05, 0.1) is 11.0 Å². The van der Waals surface area contributed by atoms with Gasteiger partial charge in [-0.1, -0.05) is 125 Å². The molecule has 0 saturated heterocycles. The van der Waals surface area contributed by atoms with E-state index in [4.69, 9.17) is 0 Å². The Morgan fingerprint density at radius 2 is 0.697 bits per heavy atom. The van der Waals surface area contributed by atoms with Crippen molar-refractivity contribution in [2.45, 2.75) is 76.7 Å². The van der Waals surface area contributed by atoms with Crippen molar-refractivity contribution in [2.75, 3.05) is 0 Å². The fraction of sp³-hybridized carbons (Fsp3) is 0.419. The lowest BCUT2D eigenvalue weighted by atomic mass is 10.2. The first-order valence-corrected chi connectivity index (χ1v) is 12.0. The minimum Gasteiger partial charge on any atom is -0.256 e. The van der Waals surface area contributed by atoms with Crippen LogP contribution in [0.5, 0.6) is 0 Å². The standard InChI is InChI=1S/2C9H7N.2C4H10.2C2H6.CH4/c2*1-2-6-9-8(4-1)5-3-7-10-9;2*1-4(2)3;2*1-2;/h2*1-7H;2*4H,1-3H3;2*1-2H3;1H4. The van der Waals surface area contributed by atoms with Crippen molar-refractivity contribution in [2.24, 2.45) is 11.8 Å². The first-order chi connectivity index (χ1) is 15.4. The summed E-state index contributed by atoms with van der Waals surface area (Å²) in [5.74, 6) is 1.67. The van der Waals surface area contributed by atoms with E-state index >= 15 is 0 Å². The highest BCUT2D eigenvalue weighted by molar-refractivity contribution is 5.78. The number of aromatic nitrogens is 2. The summed E-state index contributed by atoms with van der Waals surface area (Å²) in [4.78, 5) is 8.36. The molecule has 0 unspecified atom stereocenters. The molecular weight excluding hydrogens is 400 g/mol. The van der Waals surface area contributed by atoms with Gasteiger partial charge in [-0.15, -0.1) is 0 Å². The zero-order valence-electron chi connectivity index (χ0n) is 22.1. The molecule has 0 fully saturated rings. The van der Waals surface area contributed by atoms with Gasteiger partial charge in [0.25, 0.3) is 0 Å². The quantitative estimate of drug-likeness (QED) is 0.266. The second kappa shape index (κ2) is 23.9. The molecule has 2 nitrogen and oxygen atoms in total. The molecule has 2 heteroatoms. The van der Waals surface area contributed by atoms with Crippen LogP contribution in [-0.4, -0.2) is 9.97 Å². The zero-order valence-corrected chi connectivity index (χ0v) is 22.1. The Morgan fingerprint density at radius 1 is 0.455 bits per heavy atom. The van der Waals surface area contributed by atoms with Crippen LogP contribution in [0.4, 0.5) is 0 Å². The fourth-order valence-electron chi connectivity index (χ4n) is 2.03. The van der Waals surface area contributed by atoms with Crippen LogP contribution < -0.4 is 0 Å². The van der Waals surface area contributed by atoms with Crippen molar-refractivity contribution < 1.29 is 0 Å². The lowest BCUT2D eigenvalue weighted by Crippen LogP contribution is -1.73. The molecule has 184 valence electrons. The van der Waals surface area contributed by atoms with Crippen LogP contribution in [0.2, 0.25) is 0 Å². The van der Waals surface area contributed by atoms with Gasteiger partial charge in [0.15, 0.2) is 0 Å². The van der Waals surface area contributed by atoms with Crippen LogP contribution in [0.3, 0.4) is 0 Å². The highest BCUT2D eigenvalue weighted by Crippen LogP contribution is 2.08. The molecular formula is C31H50N2. The van der Waals surface area contributed by atoms with Gasteiger partial charge in [-0.2, -0.15) is 0 Å². The minimum atomic E-state index is 0. The number of para-hydroxylation sites is 2. The van der Waals surface area contributed by atoms with Gasteiger partial charge < -0.3 is 0 Å². The number of fused-ring (bicyclic) bond motifs is 2. The van der Waals surface area contributed by atoms with Crippen LogP contribution in [-0.2, 0) is 0 Å². The SMILES string of the molecule is C.CC.CC.CC(C)C.CC(C)C.c1ccc2ncccc2c1.c1ccc2ncccc2c1. The van der Waals surface area contributed by atoms with Gasteiger partial charge in [0, 0.05) is 23.2 Å². The smallest absolute Gasteiger partial charge is 0.0701 e. The molecule has 2 aromatic carbocycles. The van der Waals surface area contributed by atoms with E-state index in [1.54, 1.807) is 0 Å².